The number of ether oxygens (including phenoxy) is 2. The minimum absolute atomic E-state index is 0.204. The zero-order valence-electron chi connectivity index (χ0n) is 11.6. The second kappa shape index (κ2) is 6.61. The molecule has 0 amide bonds. The monoisotopic (exact) mass is 271 g/mol. The number of benzene rings is 2. The van der Waals surface area contributed by atoms with E-state index in [0.717, 1.165) is 15.9 Å². The van der Waals surface area contributed by atoms with Gasteiger partial charge in [0.25, 0.3) is 0 Å². The lowest BCUT2D eigenvalue weighted by atomic mass is 10.2. The number of nitrogens with zero attached hydrogens (tertiary/aromatic N) is 1. The first-order valence-corrected chi connectivity index (χ1v) is 6.28. The number of hydroxylamine groups is 1. The molecule has 0 N–H and O–H groups in total. The van der Waals surface area contributed by atoms with Gasteiger partial charge < -0.3 is 14.7 Å². The summed E-state index contributed by atoms with van der Waals surface area (Å²) >= 11 is 0. The maximum absolute atomic E-state index is 12.0. The fourth-order valence-electron chi connectivity index (χ4n) is 2.00. The minimum Gasteiger partial charge on any atom is -0.624 e. The van der Waals surface area contributed by atoms with E-state index in [1.54, 1.807) is 26.5 Å². The van der Waals surface area contributed by atoms with Gasteiger partial charge in [-0.15, -0.1) is 0 Å². The van der Waals surface area contributed by atoms with Crippen molar-refractivity contribution in [2.24, 2.45) is 0 Å². The van der Waals surface area contributed by atoms with E-state index < -0.39 is 0 Å². The smallest absolute Gasteiger partial charge is 0.182 e. The van der Waals surface area contributed by atoms with Gasteiger partial charge in [-0.3, -0.25) is 0 Å². The topological polar surface area (TPSA) is 44.5 Å². The molecule has 0 unspecified atom stereocenters. The highest BCUT2D eigenvalue weighted by molar-refractivity contribution is 5.75. The van der Waals surface area contributed by atoms with E-state index in [2.05, 4.69) is 0 Å². The highest BCUT2D eigenvalue weighted by Crippen LogP contribution is 2.30. The Morgan fingerprint density at radius 1 is 1.00 bits per heavy atom. The van der Waals surface area contributed by atoms with Gasteiger partial charge in [0.1, 0.15) is 0 Å². The molecule has 0 bridgehead atoms. The van der Waals surface area contributed by atoms with Crippen LogP contribution in [-0.4, -0.2) is 25.2 Å². The van der Waals surface area contributed by atoms with Crippen molar-refractivity contribution in [1.82, 2.24) is 0 Å². The highest BCUT2D eigenvalue weighted by Gasteiger charge is 2.12. The van der Waals surface area contributed by atoms with Crippen molar-refractivity contribution in [2.75, 3.05) is 14.2 Å². The summed E-state index contributed by atoms with van der Waals surface area (Å²) in [5, 5.41) is 12.0. The highest BCUT2D eigenvalue weighted by atomic mass is 16.5. The zero-order valence-corrected chi connectivity index (χ0v) is 11.6. The standard InChI is InChI=1S/C16H17NO3/c1-19-15-10-6-9-14(16(15)20-2)12-17(18)11-13-7-4-3-5-8-13/h3-11H,12H2,1-2H3/b17-11-. The van der Waals surface area contributed by atoms with Gasteiger partial charge in [-0.1, -0.05) is 24.3 Å². The van der Waals surface area contributed by atoms with Gasteiger partial charge in [0.05, 0.1) is 19.8 Å². The number of rotatable bonds is 5. The van der Waals surface area contributed by atoms with Gasteiger partial charge in [-0.2, -0.15) is 0 Å². The maximum Gasteiger partial charge on any atom is 0.182 e. The molecule has 0 aliphatic carbocycles. The van der Waals surface area contributed by atoms with Gasteiger partial charge in [0.15, 0.2) is 24.3 Å². The van der Waals surface area contributed by atoms with E-state index in [1.165, 1.54) is 0 Å². The second-order valence-corrected chi connectivity index (χ2v) is 4.27. The van der Waals surface area contributed by atoms with Crippen molar-refractivity contribution in [2.45, 2.75) is 6.54 Å². The lowest BCUT2D eigenvalue weighted by Gasteiger charge is -2.12. The fourth-order valence-corrected chi connectivity index (χ4v) is 2.00. The van der Waals surface area contributed by atoms with Crippen LogP contribution in [0.4, 0.5) is 0 Å². The van der Waals surface area contributed by atoms with E-state index in [9.17, 15) is 5.21 Å². The Morgan fingerprint density at radius 2 is 1.75 bits per heavy atom. The van der Waals surface area contributed by atoms with Gasteiger partial charge in [-0.05, 0) is 24.3 Å². The van der Waals surface area contributed by atoms with Gasteiger partial charge >= 0.3 is 0 Å². The van der Waals surface area contributed by atoms with Gasteiger partial charge in [0, 0.05) is 5.56 Å². The molecule has 20 heavy (non-hydrogen) atoms. The van der Waals surface area contributed by atoms with Crippen LogP contribution in [0.15, 0.2) is 48.5 Å². The molecule has 0 atom stereocenters. The van der Waals surface area contributed by atoms with Gasteiger partial charge in [-0.25, -0.2) is 4.74 Å². The van der Waals surface area contributed by atoms with Crippen LogP contribution in [-0.2, 0) is 6.54 Å². The summed E-state index contributed by atoms with van der Waals surface area (Å²) in [5.74, 6) is 1.22. The number of para-hydroxylation sites is 1. The molecule has 0 aliphatic heterocycles. The summed E-state index contributed by atoms with van der Waals surface area (Å²) in [7, 11) is 3.14. The van der Waals surface area contributed by atoms with Crippen LogP contribution in [0.2, 0.25) is 0 Å². The summed E-state index contributed by atoms with van der Waals surface area (Å²) in [6.45, 7) is 0.204. The molecule has 4 nitrogen and oxygen atoms in total. The molecule has 0 aliphatic rings. The Balaban J connectivity index is 2.24. The zero-order chi connectivity index (χ0) is 14.4. The summed E-state index contributed by atoms with van der Waals surface area (Å²) in [6, 6.07) is 15.0. The van der Waals surface area contributed by atoms with E-state index in [-0.39, 0.29) is 6.54 Å². The minimum atomic E-state index is 0.204. The fraction of sp³-hybridized carbons (Fsp3) is 0.188. The van der Waals surface area contributed by atoms with Crippen molar-refractivity contribution >= 4 is 6.21 Å². The molecule has 0 heterocycles. The Morgan fingerprint density at radius 3 is 2.40 bits per heavy atom. The molecule has 0 radical (unpaired) electrons. The Kier molecular flexibility index (Phi) is 4.60. The molecular formula is C16H17NO3. The van der Waals surface area contributed by atoms with Gasteiger partial charge in [0.2, 0.25) is 0 Å². The van der Waals surface area contributed by atoms with Crippen LogP contribution in [0.5, 0.6) is 11.5 Å². The summed E-state index contributed by atoms with van der Waals surface area (Å²) in [5.41, 5.74) is 1.65. The van der Waals surface area contributed by atoms with Crippen LogP contribution in [0.3, 0.4) is 0 Å². The molecule has 2 rings (SSSR count). The summed E-state index contributed by atoms with van der Waals surface area (Å²) < 4.78 is 11.4. The third-order valence-electron chi connectivity index (χ3n) is 2.90. The largest absolute Gasteiger partial charge is 0.624 e. The predicted molar refractivity (Wildman–Crippen MR) is 78.5 cm³/mol. The molecule has 0 fully saturated rings. The van der Waals surface area contributed by atoms with Crippen LogP contribution < -0.4 is 9.47 Å². The Hall–Kier alpha value is -2.49. The first kappa shape index (κ1) is 13.9. The SMILES string of the molecule is COc1cccc(C/[N+]([O-])=C/c2ccccc2)c1OC. The molecule has 4 heteroatoms. The quantitative estimate of drug-likeness (QED) is 0.363. The summed E-state index contributed by atoms with van der Waals surface area (Å²) in [6.07, 6.45) is 1.55. The van der Waals surface area contributed by atoms with Crippen molar-refractivity contribution in [1.29, 1.82) is 0 Å². The lowest BCUT2D eigenvalue weighted by Crippen LogP contribution is -2.07. The molecule has 104 valence electrons. The Labute approximate surface area is 118 Å². The molecule has 0 spiro atoms. The average molecular weight is 271 g/mol. The van der Waals surface area contributed by atoms with Crippen LogP contribution >= 0.6 is 0 Å². The normalized spacial score (nSPS) is 11.2. The average Bonchev–Trinajstić information content (AvgIpc) is 2.47. The third-order valence-corrected chi connectivity index (χ3v) is 2.90. The van der Waals surface area contributed by atoms with Crippen molar-refractivity contribution < 1.29 is 14.2 Å². The molecule has 2 aromatic rings. The second-order valence-electron chi connectivity index (χ2n) is 4.27. The van der Waals surface area contributed by atoms with Crippen LogP contribution in [0.25, 0.3) is 0 Å². The van der Waals surface area contributed by atoms with E-state index in [1.807, 2.05) is 42.5 Å². The maximum atomic E-state index is 12.0. The van der Waals surface area contributed by atoms with Crippen molar-refractivity contribution in [3.8, 4) is 11.5 Å². The van der Waals surface area contributed by atoms with Crippen LogP contribution in [0, 0.1) is 5.21 Å². The molecule has 2 aromatic carbocycles. The summed E-state index contributed by atoms with van der Waals surface area (Å²) in [4.78, 5) is 0. The van der Waals surface area contributed by atoms with Crippen LogP contribution in [0.1, 0.15) is 11.1 Å². The predicted octanol–water partition coefficient (Wildman–Crippen LogP) is 2.83. The lowest BCUT2D eigenvalue weighted by molar-refractivity contribution is -0.469. The van der Waals surface area contributed by atoms with Crippen molar-refractivity contribution in [3.05, 3.63) is 64.9 Å². The molecule has 0 saturated carbocycles. The van der Waals surface area contributed by atoms with E-state index >= 15 is 0 Å². The first-order chi connectivity index (χ1) is 9.74. The number of hydrogen-bond acceptors (Lipinski definition) is 3. The first-order valence-electron chi connectivity index (χ1n) is 6.28. The van der Waals surface area contributed by atoms with E-state index in [4.69, 9.17) is 9.47 Å². The molecule has 0 saturated heterocycles. The number of hydrogen-bond donors (Lipinski definition) is 0. The molecular weight excluding hydrogens is 254 g/mol. The van der Waals surface area contributed by atoms with E-state index in [0.29, 0.717) is 11.5 Å². The number of methoxy groups -OCH3 is 2. The Bertz CT molecular complexity index is 594. The van der Waals surface area contributed by atoms with Crippen molar-refractivity contribution in [3.63, 3.8) is 0 Å². The molecule has 0 aromatic heterocycles. The third kappa shape index (κ3) is 3.29.